The summed E-state index contributed by atoms with van der Waals surface area (Å²) in [4.78, 5) is 17.8. The van der Waals surface area contributed by atoms with E-state index in [1.165, 1.54) is 37.6 Å². The molecule has 0 N–H and O–H groups in total. The molecule has 19 heavy (non-hydrogen) atoms. The third-order valence-electron chi connectivity index (χ3n) is 2.17. The van der Waals surface area contributed by atoms with Gasteiger partial charge in [-0.2, -0.15) is 4.98 Å². The summed E-state index contributed by atoms with van der Waals surface area (Å²) in [6.07, 6.45) is 1.42. The number of rotatable bonds is 4. The van der Waals surface area contributed by atoms with Crippen molar-refractivity contribution in [1.29, 1.82) is 0 Å². The van der Waals surface area contributed by atoms with Crippen molar-refractivity contribution in [3.8, 4) is 17.4 Å². The fraction of sp³-hybridized carbons (Fsp3) is 0.0909. The van der Waals surface area contributed by atoms with Gasteiger partial charge in [0.05, 0.1) is 18.1 Å². The lowest BCUT2D eigenvalue weighted by Crippen LogP contribution is -1.95. The third kappa shape index (κ3) is 3.08. The molecule has 0 amide bonds. The van der Waals surface area contributed by atoms with Crippen molar-refractivity contribution in [2.45, 2.75) is 0 Å². The van der Waals surface area contributed by atoms with Crippen LogP contribution in [0, 0.1) is 10.1 Å². The van der Waals surface area contributed by atoms with Gasteiger partial charge >= 0.3 is 5.69 Å². The van der Waals surface area contributed by atoms with E-state index in [1.54, 1.807) is 0 Å². The van der Waals surface area contributed by atoms with Crippen LogP contribution in [0.3, 0.4) is 0 Å². The molecule has 0 aliphatic rings. The van der Waals surface area contributed by atoms with Gasteiger partial charge in [-0.1, -0.05) is 0 Å². The number of halogens is 1. The lowest BCUT2D eigenvalue weighted by molar-refractivity contribution is -0.385. The summed E-state index contributed by atoms with van der Waals surface area (Å²) >= 11 is 5.61. The van der Waals surface area contributed by atoms with Crippen molar-refractivity contribution in [3.05, 3.63) is 45.9 Å². The molecule has 0 aliphatic heterocycles. The predicted molar refractivity (Wildman–Crippen MR) is 66.8 cm³/mol. The van der Waals surface area contributed by atoms with Crippen LogP contribution in [-0.2, 0) is 0 Å². The smallest absolute Gasteiger partial charge is 0.314 e. The standard InChI is InChI=1S/C11H8ClN3O4/c1-18-9-3-2-7(6-8(9)15(16)17)19-10-4-5-13-11(12)14-10/h2-6H,1H3. The molecule has 98 valence electrons. The second-order valence-electron chi connectivity index (χ2n) is 3.36. The van der Waals surface area contributed by atoms with Crippen molar-refractivity contribution in [3.63, 3.8) is 0 Å². The van der Waals surface area contributed by atoms with Gasteiger partial charge in [-0.05, 0) is 23.7 Å². The van der Waals surface area contributed by atoms with Gasteiger partial charge in [-0.3, -0.25) is 10.1 Å². The average Bonchev–Trinajstić information content (AvgIpc) is 2.38. The zero-order valence-corrected chi connectivity index (χ0v) is 10.5. The van der Waals surface area contributed by atoms with Crippen LogP contribution in [0.15, 0.2) is 30.5 Å². The molecule has 0 saturated heterocycles. The van der Waals surface area contributed by atoms with Gasteiger partial charge < -0.3 is 9.47 Å². The highest BCUT2D eigenvalue weighted by molar-refractivity contribution is 6.28. The van der Waals surface area contributed by atoms with E-state index in [0.29, 0.717) is 0 Å². The van der Waals surface area contributed by atoms with Crippen LogP contribution in [0.25, 0.3) is 0 Å². The second-order valence-corrected chi connectivity index (χ2v) is 3.69. The van der Waals surface area contributed by atoms with Crippen LogP contribution < -0.4 is 9.47 Å². The highest BCUT2D eigenvalue weighted by atomic mass is 35.5. The summed E-state index contributed by atoms with van der Waals surface area (Å²) in [6, 6.07) is 5.70. The Labute approximate surface area is 112 Å². The van der Waals surface area contributed by atoms with Crippen LogP contribution in [0.2, 0.25) is 5.28 Å². The van der Waals surface area contributed by atoms with Crippen molar-refractivity contribution >= 4 is 17.3 Å². The van der Waals surface area contributed by atoms with E-state index in [0.717, 1.165) is 0 Å². The van der Waals surface area contributed by atoms with Gasteiger partial charge in [0.2, 0.25) is 11.2 Å². The molecule has 1 aromatic heterocycles. The lowest BCUT2D eigenvalue weighted by atomic mass is 10.3. The molecule has 1 aromatic carbocycles. The maximum atomic E-state index is 10.9. The number of aromatic nitrogens is 2. The monoisotopic (exact) mass is 281 g/mol. The molecule has 0 bridgehead atoms. The minimum atomic E-state index is -0.557. The Kier molecular flexibility index (Phi) is 3.76. The van der Waals surface area contributed by atoms with E-state index in [2.05, 4.69) is 9.97 Å². The largest absolute Gasteiger partial charge is 0.490 e. The van der Waals surface area contributed by atoms with E-state index in [4.69, 9.17) is 21.1 Å². The fourth-order valence-corrected chi connectivity index (χ4v) is 1.51. The van der Waals surface area contributed by atoms with Crippen LogP contribution in [0.4, 0.5) is 5.69 Å². The molecule has 1 heterocycles. The number of ether oxygens (including phenoxy) is 2. The second kappa shape index (κ2) is 5.49. The molecule has 2 rings (SSSR count). The molecule has 0 atom stereocenters. The first-order valence-electron chi connectivity index (χ1n) is 5.09. The Morgan fingerprint density at radius 1 is 1.37 bits per heavy atom. The van der Waals surface area contributed by atoms with Gasteiger partial charge in [-0.25, -0.2) is 4.98 Å². The van der Waals surface area contributed by atoms with Gasteiger partial charge in [0, 0.05) is 12.3 Å². The number of benzene rings is 1. The Morgan fingerprint density at radius 3 is 2.79 bits per heavy atom. The van der Waals surface area contributed by atoms with Crippen LogP contribution in [0.1, 0.15) is 0 Å². The maximum Gasteiger partial charge on any atom is 0.314 e. The predicted octanol–water partition coefficient (Wildman–Crippen LogP) is 2.84. The van der Waals surface area contributed by atoms with Gasteiger partial charge in [-0.15, -0.1) is 0 Å². The van der Waals surface area contributed by atoms with E-state index < -0.39 is 4.92 Å². The summed E-state index contributed by atoms with van der Waals surface area (Å²) in [5, 5.41) is 10.9. The molecule has 7 nitrogen and oxygen atoms in total. The number of nitro groups is 1. The molecule has 0 aliphatic carbocycles. The fourth-order valence-electron chi connectivity index (χ4n) is 1.37. The van der Waals surface area contributed by atoms with Gasteiger partial charge in [0.15, 0.2) is 5.75 Å². The molecular weight excluding hydrogens is 274 g/mol. The summed E-state index contributed by atoms with van der Waals surface area (Å²) in [7, 11) is 1.35. The SMILES string of the molecule is COc1ccc(Oc2ccnc(Cl)n2)cc1[N+](=O)[O-]. The number of hydrogen-bond donors (Lipinski definition) is 0. The Hall–Kier alpha value is -2.41. The number of nitrogens with zero attached hydrogens (tertiary/aromatic N) is 3. The maximum absolute atomic E-state index is 10.9. The highest BCUT2D eigenvalue weighted by Crippen LogP contribution is 2.32. The molecule has 0 unspecified atom stereocenters. The molecule has 0 saturated carbocycles. The van der Waals surface area contributed by atoms with Crippen molar-refractivity contribution in [2.24, 2.45) is 0 Å². The van der Waals surface area contributed by atoms with E-state index in [9.17, 15) is 10.1 Å². The molecule has 8 heteroatoms. The van der Waals surface area contributed by atoms with E-state index in [1.807, 2.05) is 0 Å². The quantitative estimate of drug-likeness (QED) is 0.486. The summed E-state index contributed by atoms with van der Waals surface area (Å²) in [5.41, 5.74) is -0.194. The summed E-state index contributed by atoms with van der Waals surface area (Å²) < 4.78 is 10.2. The van der Waals surface area contributed by atoms with Gasteiger partial charge in [0.1, 0.15) is 5.75 Å². The zero-order chi connectivity index (χ0) is 13.8. The number of hydrogen-bond acceptors (Lipinski definition) is 6. The summed E-state index contributed by atoms with van der Waals surface area (Å²) in [5.74, 6) is 0.597. The minimum Gasteiger partial charge on any atom is -0.490 e. The van der Waals surface area contributed by atoms with Crippen LogP contribution >= 0.6 is 11.6 Å². The first-order chi connectivity index (χ1) is 9.10. The van der Waals surface area contributed by atoms with Crippen LogP contribution in [0.5, 0.6) is 17.4 Å². The van der Waals surface area contributed by atoms with Crippen molar-refractivity contribution in [1.82, 2.24) is 9.97 Å². The first-order valence-corrected chi connectivity index (χ1v) is 5.47. The van der Waals surface area contributed by atoms with Crippen molar-refractivity contribution in [2.75, 3.05) is 7.11 Å². The Morgan fingerprint density at radius 2 is 2.16 bits per heavy atom. The van der Waals surface area contributed by atoms with Gasteiger partial charge in [0.25, 0.3) is 0 Å². The number of methoxy groups -OCH3 is 1. The highest BCUT2D eigenvalue weighted by Gasteiger charge is 2.16. The molecular formula is C11H8ClN3O4. The molecule has 0 spiro atoms. The Bertz CT molecular complexity index is 621. The Balaban J connectivity index is 2.31. The van der Waals surface area contributed by atoms with Crippen molar-refractivity contribution < 1.29 is 14.4 Å². The normalized spacial score (nSPS) is 10.0. The topological polar surface area (TPSA) is 87.4 Å². The third-order valence-corrected chi connectivity index (χ3v) is 2.35. The van der Waals surface area contributed by atoms with E-state index in [-0.39, 0.29) is 28.3 Å². The lowest BCUT2D eigenvalue weighted by Gasteiger charge is -2.06. The molecule has 0 radical (unpaired) electrons. The molecule has 2 aromatic rings. The number of nitro benzene ring substituents is 1. The minimum absolute atomic E-state index is 0.0283. The average molecular weight is 282 g/mol. The summed E-state index contributed by atoms with van der Waals surface area (Å²) in [6.45, 7) is 0. The first kappa shape index (κ1) is 13.0. The van der Waals surface area contributed by atoms with E-state index >= 15 is 0 Å². The molecule has 0 fully saturated rings. The zero-order valence-electron chi connectivity index (χ0n) is 9.74. The van der Waals surface area contributed by atoms with Crippen LogP contribution in [-0.4, -0.2) is 22.0 Å².